The van der Waals surface area contributed by atoms with E-state index in [4.69, 9.17) is 4.98 Å². The molecule has 0 amide bonds. The number of nitrogens with zero attached hydrogens (tertiary/aromatic N) is 3. The van der Waals surface area contributed by atoms with Crippen molar-refractivity contribution >= 4 is 5.65 Å². The third-order valence-electron chi connectivity index (χ3n) is 5.07. The molecule has 1 atom stereocenters. The largest absolute Gasteiger partial charge is 0.302 e. The Balaban J connectivity index is 1.76. The molecule has 3 nitrogen and oxygen atoms in total. The summed E-state index contributed by atoms with van der Waals surface area (Å²) in [5.41, 5.74) is 4.60. The third kappa shape index (κ3) is 2.77. The lowest BCUT2D eigenvalue weighted by molar-refractivity contribution is 0.224. The highest BCUT2D eigenvalue weighted by atomic mass is 15.2. The van der Waals surface area contributed by atoms with Crippen LogP contribution in [0.3, 0.4) is 0 Å². The SMILES string of the molecule is CC(C1CC1)N(C)Cc1c(-c2ccccc2)nc2ccccn12. The van der Waals surface area contributed by atoms with E-state index in [1.165, 1.54) is 24.1 Å². The van der Waals surface area contributed by atoms with Crippen molar-refractivity contribution in [3.8, 4) is 11.3 Å². The molecule has 1 aromatic carbocycles. The van der Waals surface area contributed by atoms with Gasteiger partial charge in [-0.25, -0.2) is 4.98 Å². The first-order valence-corrected chi connectivity index (χ1v) is 8.45. The fourth-order valence-electron chi connectivity index (χ4n) is 3.34. The fraction of sp³-hybridized carbons (Fsp3) is 0.350. The highest BCUT2D eigenvalue weighted by Gasteiger charge is 2.31. The molecule has 1 fully saturated rings. The van der Waals surface area contributed by atoms with Crippen molar-refractivity contribution in [1.82, 2.24) is 14.3 Å². The quantitative estimate of drug-likeness (QED) is 0.703. The molecule has 0 saturated heterocycles. The molecule has 2 aromatic heterocycles. The number of hydrogen-bond acceptors (Lipinski definition) is 2. The van der Waals surface area contributed by atoms with Crippen LogP contribution in [0.25, 0.3) is 16.9 Å². The van der Waals surface area contributed by atoms with Gasteiger partial charge in [-0.2, -0.15) is 0 Å². The Morgan fingerprint density at radius 1 is 1.13 bits per heavy atom. The number of aromatic nitrogens is 2. The molecule has 1 aliphatic rings. The van der Waals surface area contributed by atoms with Gasteiger partial charge in [0.15, 0.2) is 0 Å². The smallest absolute Gasteiger partial charge is 0.137 e. The normalized spacial score (nSPS) is 16.1. The molecule has 4 rings (SSSR count). The lowest BCUT2D eigenvalue weighted by Gasteiger charge is -2.24. The first kappa shape index (κ1) is 14.5. The molecule has 0 aliphatic heterocycles. The number of benzene rings is 1. The van der Waals surface area contributed by atoms with E-state index in [-0.39, 0.29) is 0 Å². The van der Waals surface area contributed by atoms with E-state index < -0.39 is 0 Å². The maximum absolute atomic E-state index is 4.89. The molecule has 2 heterocycles. The summed E-state index contributed by atoms with van der Waals surface area (Å²) in [6.45, 7) is 3.27. The molecule has 1 aliphatic carbocycles. The Hall–Kier alpha value is -2.13. The summed E-state index contributed by atoms with van der Waals surface area (Å²) in [5.74, 6) is 0.874. The summed E-state index contributed by atoms with van der Waals surface area (Å²) in [6, 6.07) is 17.4. The second-order valence-corrected chi connectivity index (χ2v) is 6.70. The van der Waals surface area contributed by atoms with Crippen molar-refractivity contribution in [3.05, 3.63) is 60.4 Å². The summed E-state index contributed by atoms with van der Waals surface area (Å²) in [6.07, 6.45) is 4.88. The Morgan fingerprint density at radius 3 is 2.61 bits per heavy atom. The number of hydrogen-bond donors (Lipinski definition) is 0. The van der Waals surface area contributed by atoms with Crippen LogP contribution in [0.1, 0.15) is 25.5 Å². The molecule has 23 heavy (non-hydrogen) atoms. The first-order chi connectivity index (χ1) is 11.2. The van der Waals surface area contributed by atoms with E-state index in [2.05, 4.69) is 78.0 Å². The molecule has 3 heteroatoms. The summed E-state index contributed by atoms with van der Waals surface area (Å²) >= 11 is 0. The van der Waals surface area contributed by atoms with Gasteiger partial charge >= 0.3 is 0 Å². The molecule has 0 bridgehead atoms. The molecular formula is C20H23N3. The van der Waals surface area contributed by atoms with E-state index in [1.54, 1.807) is 0 Å². The molecule has 1 unspecified atom stereocenters. The van der Waals surface area contributed by atoms with Crippen LogP contribution in [-0.2, 0) is 6.54 Å². The van der Waals surface area contributed by atoms with Crippen LogP contribution in [0.4, 0.5) is 0 Å². The van der Waals surface area contributed by atoms with Crippen LogP contribution < -0.4 is 0 Å². The average Bonchev–Trinajstić information content (AvgIpc) is 3.38. The summed E-state index contributed by atoms with van der Waals surface area (Å²) in [4.78, 5) is 7.36. The maximum Gasteiger partial charge on any atom is 0.137 e. The summed E-state index contributed by atoms with van der Waals surface area (Å²) < 4.78 is 2.23. The van der Waals surface area contributed by atoms with Crippen LogP contribution in [0, 0.1) is 5.92 Å². The standard InChI is InChI=1S/C20H23N3/c1-15(16-11-12-16)22(2)14-18-20(17-8-4-3-5-9-17)21-19-10-6-7-13-23(18)19/h3-10,13,15-16H,11-12,14H2,1-2H3. The number of pyridine rings is 1. The lowest BCUT2D eigenvalue weighted by atomic mass is 10.1. The molecule has 1 saturated carbocycles. The van der Waals surface area contributed by atoms with Gasteiger partial charge < -0.3 is 4.40 Å². The Kier molecular flexibility index (Phi) is 3.66. The zero-order chi connectivity index (χ0) is 15.8. The molecule has 0 radical (unpaired) electrons. The van der Waals surface area contributed by atoms with Gasteiger partial charge in [-0.1, -0.05) is 36.4 Å². The van der Waals surface area contributed by atoms with Crippen molar-refractivity contribution in [2.45, 2.75) is 32.4 Å². The van der Waals surface area contributed by atoms with Gasteiger partial charge in [-0.05, 0) is 44.9 Å². The van der Waals surface area contributed by atoms with Crippen molar-refractivity contribution in [1.29, 1.82) is 0 Å². The first-order valence-electron chi connectivity index (χ1n) is 8.45. The zero-order valence-corrected chi connectivity index (χ0v) is 13.8. The Morgan fingerprint density at radius 2 is 1.87 bits per heavy atom. The van der Waals surface area contributed by atoms with Gasteiger partial charge in [-0.15, -0.1) is 0 Å². The van der Waals surface area contributed by atoms with Gasteiger partial charge in [0, 0.05) is 24.3 Å². The van der Waals surface area contributed by atoms with Crippen LogP contribution in [0.15, 0.2) is 54.7 Å². The highest BCUT2D eigenvalue weighted by Crippen LogP contribution is 2.35. The monoisotopic (exact) mass is 305 g/mol. The maximum atomic E-state index is 4.89. The minimum Gasteiger partial charge on any atom is -0.302 e. The minimum absolute atomic E-state index is 0.632. The topological polar surface area (TPSA) is 20.5 Å². The van der Waals surface area contributed by atoms with Gasteiger partial charge in [0.2, 0.25) is 0 Å². The molecule has 0 N–H and O–H groups in total. The number of rotatable bonds is 5. The van der Waals surface area contributed by atoms with Crippen LogP contribution in [0.2, 0.25) is 0 Å². The average molecular weight is 305 g/mol. The lowest BCUT2D eigenvalue weighted by Crippen LogP contribution is -2.30. The second-order valence-electron chi connectivity index (χ2n) is 6.70. The molecule has 118 valence electrons. The van der Waals surface area contributed by atoms with Crippen molar-refractivity contribution in [2.24, 2.45) is 5.92 Å². The van der Waals surface area contributed by atoms with Gasteiger partial charge in [-0.3, -0.25) is 4.90 Å². The zero-order valence-electron chi connectivity index (χ0n) is 13.8. The van der Waals surface area contributed by atoms with Gasteiger partial charge in [0.1, 0.15) is 5.65 Å². The van der Waals surface area contributed by atoms with E-state index in [0.717, 1.165) is 23.8 Å². The molecule has 3 aromatic rings. The van der Waals surface area contributed by atoms with Gasteiger partial charge in [0.05, 0.1) is 11.4 Å². The van der Waals surface area contributed by atoms with Crippen LogP contribution >= 0.6 is 0 Å². The third-order valence-corrected chi connectivity index (χ3v) is 5.07. The predicted molar refractivity (Wildman–Crippen MR) is 94.3 cm³/mol. The van der Waals surface area contributed by atoms with Crippen molar-refractivity contribution in [2.75, 3.05) is 7.05 Å². The van der Waals surface area contributed by atoms with E-state index >= 15 is 0 Å². The van der Waals surface area contributed by atoms with E-state index in [9.17, 15) is 0 Å². The Bertz CT molecular complexity index is 802. The van der Waals surface area contributed by atoms with Crippen molar-refractivity contribution in [3.63, 3.8) is 0 Å². The van der Waals surface area contributed by atoms with Gasteiger partial charge in [0.25, 0.3) is 0 Å². The minimum atomic E-state index is 0.632. The van der Waals surface area contributed by atoms with E-state index in [1.807, 2.05) is 0 Å². The predicted octanol–water partition coefficient (Wildman–Crippen LogP) is 4.23. The Labute approximate surface area is 137 Å². The fourth-order valence-corrected chi connectivity index (χ4v) is 3.34. The number of fused-ring (bicyclic) bond motifs is 1. The van der Waals surface area contributed by atoms with Crippen LogP contribution in [-0.4, -0.2) is 27.4 Å². The molecular weight excluding hydrogens is 282 g/mol. The number of imidazole rings is 1. The molecule has 0 spiro atoms. The van der Waals surface area contributed by atoms with Crippen LogP contribution in [0.5, 0.6) is 0 Å². The summed E-state index contributed by atoms with van der Waals surface area (Å²) in [5, 5.41) is 0. The second kappa shape index (κ2) is 5.82. The summed E-state index contributed by atoms with van der Waals surface area (Å²) in [7, 11) is 2.24. The highest BCUT2D eigenvalue weighted by molar-refractivity contribution is 5.66. The van der Waals surface area contributed by atoms with Crippen molar-refractivity contribution < 1.29 is 0 Å². The van der Waals surface area contributed by atoms with E-state index in [0.29, 0.717) is 6.04 Å².